The van der Waals surface area contributed by atoms with Gasteiger partial charge in [0.25, 0.3) is 0 Å². The summed E-state index contributed by atoms with van der Waals surface area (Å²) in [4.78, 5) is 31.8. The Kier molecular flexibility index (Phi) is 3.69. The molecule has 0 aliphatic heterocycles. The average Bonchev–Trinajstić information content (AvgIpc) is 2.99. The average molecular weight is 320 g/mol. The fraction of sp³-hybridized carbons (Fsp3) is 0.429. The van der Waals surface area contributed by atoms with E-state index in [0.717, 1.165) is 12.1 Å². The monoisotopic (exact) mass is 320 g/mol. The van der Waals surface area contributed by atoms with E-state index >= 15 is 0 Å². The van der Waals surface area contributed by atoms with E-state index in [4.69, 9.17) is 5.11 Å². The summed E-state index contributed by atoms with van der Waals surface area (Å²) in [6, 6.07) is 0. The quantitative estimate of drug-likeness (QED) is 0.865. The zero-order valence-corrected chi connectivity index (χ0v) is 13.1. The highest BCUT2D eigenvalue weighted by molar-refractivity contribution is 7.11. The largest absolute Gasteiger partial charge is 0.476 e. The molecule has 22 heavy (non-hydrogen) atoms. The second-order valence-corrected chi connectivity index (χ2v) is 6.70. The lowest BCUT2D eigenvalue weighted by Crippen LogP contribution is -2.25. The van der Waals surface area contributed by atoms with Crippen LogP contribution in [0.15, 0.2) is 12.5 Å². The van der Waals surface area contributed by atoms with E-state index in [1.807, 2.05) is 11.6 Å². The summed E-state index contributed by atoms with van der Waals surface area (Å²) in [7, 11) is 1.92. The summed E-state index contributed by atoms with van der Waals surface area (Å²) in [6.07, 6.45) is 4.35. The van der Waals surface area contributed by atoms with Gasteiger partial charge in [-0.15, -0.1) is 11.3 Å². The van der Waals surface area contributed by atoms with Gasteiger partial charge in [0.2, 0.25) is 5.91 Å². The zero-order valence-electron chi connectivity index (χ0n) is 12.2. The molecule has 1 fully saturated rings. The minimum absolute atomic E-state index is 0.0177. The third-order valence-electron chi connectivity index (χ3n) is 3.82. The van der Waals surface area contributed by atoms with Crippen molar-refractivity contribution in [1.82, 2.24) is 19.9 Å². The van der Waals surface area contributed by atoms with Crippen LogP contribution in [-0.2, 0) is 18.4 Å². The third kappa shape index (κ3) is 2.74. The van der Waals surface area contributed by atoms with E-state index in [0.29, 0.717) is 9.88 Å². The Morgan fingerprint density at radius 2 is 2.32 bits per heavy atom. The lowest BCUT2D eigenvalue weighted by molar-refractivity contribution is -0.122. The molecule has 1 aliphatic carbocycles. The zero-order chi connectivity index (χ0) is 15.9. The Morgan fingerprint density at radius 3 is 2.91 bits per heavy atom. The number of hydrogen-bond donors (Lipinski definition) is 2. The van der Waals surface area contributed by atoms with Crippen molar-refractivity contribution in [2.45, 2.75) is 25.8 Å². The maximum absolute atomic E-state index is 12.1. The third-order valence-corrected chi connectivity index (χ3v) is 4.79. The summed E-state index contributed by atoms with van der Waals surface area (Å²) < 4.78 is 1.93. The van der Waals surface area contributed by atoms with Gasteiger partial charge in [-0.05, 0) is 13.3 Å². The van der Waals surface area contributed by atoms with Gasteiger partial charge in [0, 0.05) is 35.7 Å². The Balaban J connectivity index is 1.57. The molecule has 7 nitrogen and oxygen atoms in total. The van der Waals surface area contributed by atoms with E-state index in [9.17, 15) is 9.59 Å². The highest BCUT2D eigenvalue weighted by Gasteiger charge is 2.45. The molecule has 0 aromatic carbocycles. The normalized spacial score (nSPS) is 19.9. The molecule has 2 aromatic heterocycles. The number of carbonyl (C=O) groups is 2. The maximum atomic E-state index is 12.1. The number of amides is 1. The molecule has 3 rings (SSSR count). The summed E-state index contributed by atoms with van der Waals surface area (Å²) >= 11 is 1.30. The van der Waals surface area contributed by atoms with Crippen molar-refractivity contribution in [1.29, 1.82) is 0 Å². The molecule has 1 aliphatic rings. The van der Waals surface area contributed by atoms with Crippen molar-refractivity contribution in [3.8, 4) is 0 Å². The van der Waals surface area contributed by atoms with Gasteiger partial charge in [0.15, 0.2) is 5.69 Å². The lowest BCUT2D eigenvalue weighted by atomic mass is 10.2. The Bertz CT molecular complexity index is 736. The molecule has 0 saturated heterocycles. The molecule has 2 heterocycles. The van der Waals surface area contributed by atoms with Gasteiger partial charge in [0.05, 0.1) is 12.9 Å². The van der Waals surface area contributed by atoms with Crippen LogP contribution in [0, 0.1) is 12.8 Å². The Hall–Kier alpha value is -2.22. The SMILES string of the molecule is Cc1sc(CNC(=O)[C@@H]2C[C@H]2c2cncn2C)nc1C(=O)O. The number of carbonyl (C=O) groups excluding carboxylic acids is 1. The second kappa shape index (κ2) is 5.53. The van der Waals surface area contributed by atoms with Gasteiger partial charge < -0.3 is 15.0 Å². The summed E-state index contributed by atoms with van der Waals surface area (Å²) in [6.45, 7) is 1.98. The van der Waals surface area contributed by atoms with E-state index in [1.165, 1.54) is 11.3 Å². The van der Waals surface area contributed by atoms with Crippen LogP contribution in [-0.4, -0.2) is 31.5 Å². The number of aromatic carboxylic acids is 1. The summed E-state index contributed by atoms with van der Waals surface area (Å²) in [5.74, 6) is -0.865. The van der Waals surface area contributed by atoms with Crippen LogP contribution >= 0.6 is 11.3 Å². The van der Waals surface area contributed by atoms with E-state index < -0.39 is 5.97 Å². The standard InChI is InChI=1S/C14H16N4O3S/c1-7-12(14(20)21)17-11(22-7)5-16-13(19)9-3-8(9)10-4-15-6-18(10)2/h4,6,8-9H,3,5H2,1-2H3,(H,16,19)(H,20,21)/t8-,9-/m1/s1. The molecule has 0 bridgehead atoms. The van der Waals surface area contributed by atoms with Crippen LogP contribution in [0.2, 0.25) is 0 Å². The number of aromatic nitrogens is 3. The van der Waals surface area contributed by atoms with Crippen molar-refractivity contribution >= 4 is 23.2 Å². The summed E-state index contributed by atoms with van der Waals surface area (Å²) in [5.41, 5.74) is 1.13. The molecule has 116 valence electrons. The fourth-order valence-electron chi connectivity index (χ4n) is 2.56. The molecule has 0 spiro atoms. The molecule has 0 unspecified atom stereocenters. The molecule has 0 radical (unpaired) electrons. The molecule has 2 atom stereocenters. The molecule has 1 amide bonds. The van der Waals surface area contributed by atoms with Crippen molar-refractivity contribution in [3.05, 3.63) is 33.8 Å². The molecular weight excluding hydrogens is 304 g/mol. The predicted molar refractivity (Wildman–Crippen MR) is 79.7 cm³/mol. The predicted octanol–water partition coefficient (Wildman–Crippen LogP) is 1.30. The van der Waals surface area contributed by atoms with Gasteiger partial charge >= 0.3 is 5.97 Å². The van der Waals surface area contributed by atoms with Crippen LogP contribution in [0.5, 0.6) is 0 Å². The second-order valence-electron chi connectivity index (χ2n) is 5.41. The number of aryl methyl sites for hydroxylation is 2. The molecule has 8 heteroatoms. The van der Waals surface area contributed by atoms with Crippen molar-refractivity contribution in [3.63, 3.8) is 0 Å². The number of nitrogens with one attached hydrogen (secondary N) is 1. The molecule has 2 N–H and O–H groups in total. The van der Waals surface area contributed by atoms with Gasteiger partial charge in [0.1, 0.15) is 5.01 Å². The first-order valence-electron chi connectivity index (χ1n) is 6.91. The van der Waals surface area contributed by atoms with Gasteiger partial charge in [-0.3, -0.25) is 4.79 Å². The molecule has 1 saturated carbocycles. The van der Waals surface area contributed by atoms with Crippen LogP contribution in [0.1, 0.15) is 38.4 Å². The number of imidazole rings is 1. The molecule has 2 aromatic rings. The highest BCUT2D eigenvalue weighted by atomic mass is 32.1. The number of carboxylic acid groups (broad SMARTS) is 1. The number of nitrogens with zero attached hydrogens (tertiary/aromatic N) is 3. The van der Waals surface area contributed by atoms with Gasteiger partial charge in [-0.2, -0.15) is 0 Å². The minimum Gasteiger partial charge on any atom is -0.476 e. The van der Waals surface area contributed by atoms with E-state index in [-0.39, 0.29) is 30.0 Å². The van der Waals surface area contributed by atoms with Crippen molar-refractivity contribution in [2.24, 2.45) is 13.0 Å². The minimum atomic E-state index is -1.04. The van der Waals surface area contributed by atoms with Crippen LogP contribution in [0.3, 0.4) is 0 Å². The van der Waals surface area contributed by atoms with Gasteiger partial charge in [-0.1, -0.05) is 0 Å². The highest BCUT2D eigenvalue weighted by Crippen LogP contribution is 2.47. The van der Waals surface area contributed by atoms with Crippen molar-refractivity contribution in [2.75, 3.05) is 0 Å². The van der Waals surface area contributed by atoms with Gasteiger partial charge in [-0.25, -0.2) is 14.8 Å². The molecular formula is C14H16N4O3S. The number of hydrogen-bond acceptors (Lipinski definition) is 5. The van der Waals surface area contributed by atoms with Crippen LogP contribution in [0.25, 0.3) is 0 Å². The maximum Gasteiger partial charge on any atom is 0.355 e. The first-order chi connectivity index (χ1) is 10.5. The van der Waals surface area contributed by atoms with Crippen LogP contribution in [0.4, 0.5) is 0 Å². The smallest absolute Gasteiger partial charge is 0.355 e. The van der Waals surface area contributed by atoms with Crippen LogP contribution < -0.4 is 5.32 Å². The fourth-order valence-corrected chi connectivity index (χ4v) is 3.42. The topological polar surface area (TPSA) is 97.1 Å². The Labute approximate surface area is 131 Å². The van der Waals surface area contributed by atoms with E-state index in [1.54, 1.807) is 19.4 Å². The number of thiazole rings is 1. The lowest BCUT2D eigenvalue weighted by Gasteiger charge is -2.03. The Morgan fingerprint density at radius 1 is 1.55 bits per heavy atom. The number of rotatable bonds is 5. The van der Waals surface area contributed by atoms with Crippen molar-refractivity contribution < 1.29 is 14.7 Å². The first kappa shape index (κ1) is 14.7. The summed E-state index contributed by atoms with van der Waals surface area (Å²) in [5, 5.41) is 12.4. The first-order valence-corrected chi connectivity index (χ1v) is 7.72. The number of carboxylic acids is 1. The van der Waals surface area contributed by atoms with E-state index in [2.05, 4.69) is 15.3 Å².